The molecule has 0 radical (unpaired) electrons. The first kappa shape index (κ1) is 25.0. The van der Waals surface area contributed by atoms with E-state index in [-0.39, 0.29) is 0 Å². The topological polar surface area (TPSA) is 273 Å². The summed E-state index contributed by atoms with van der Waals surface area (Å²) >= 11 is 0. The van der Waals surface area contributed by atoms with Gasteiger partial charge in [0, 0.05) is 24.8 Å². The number of rotatable bonds is 10. The van der Waals surface area contributed by atoms with Crippen LogP contribution in [0.4, 0.5) is 0 Å². The molecule has 0 aromatic rings. The zero-order valence-corrected chi connectivity index (χ0v) is 12.7. The molecule has 0 aliphatic carbocycles. The second kappa shape index (κ2) is 9.90. The number of aliphatic carboxylic acids is 6. The summed E-state index contributed by atoms with van der Waals surface area (Å²) in [5, 5.41) is 72.7. The summed E-state index contributed by atoms with van der Waals surface area (Å²) in [6.45, 7) is 0. The van der Waals surface area contributed by atoms with Gasteiger partial charge in [-0.15, -0.1) is 0 Å². The molecule has 14 nitrogen and oxygen atoms in total. The maximum atomic E-state index is 10.3. The van der Waals surface area contributed by atoms with Crippen LogP contribution in [-0.4, -0.2) is 72.6 Å². The largest absolute Gasteiger partial charge is 0.550 e. The first-order valence-electron chi connectivity index (χ1n) is 6.28. The average molecular weight is 381 g/mol. The van der Waals surface area contributed by atoms with Crippen molar-refractivity contribution in [2.75, 3.05) is 0 Å². The summed E-state index contributed by atoms with van der Waals surface area (Å²) in [5.74, 6) is -11.0. The van der Waals surface area contributed by atoms with E-state index in [1.165, 1.54) is 0 Å². The van der Waals surface area contributed by atoms with Crippen molar-refractivity contribution < 1.29 is 69.6 Å². The van der Waals surface area contributed by atoms with Crippen LogP contribution in [0.3, 0.4) is 0 Å². The van der Waals surface area contributed by atoms with E-state index in [1.54, 1.807) is 0 Å². The molecular weight excluding hydrogens is 368 g/mol. The molecule has 14 heteroatoms. The van der Waals surface area contributed by atoms with Crippen molar-refractivity contribution >= 4 is 35.8 Å². The zero-order chi connectivity index (χ0) is 21.3. The molecule has 0 aromatic carbocycles. The van der Waals surface area contributed by atoms with E-state index in [0.29, 0.717) is 0 Å². The van der Waals surface area contributed by atoms with Gasteiger partial charge in [0.15, 0.2) is 5.60 Å². The molecule has 0 saturated heterocycles. The zero-order valence-electron chi connectivity index (χ0n) is 12.7. The molecule has 0 aliphatic rings. The van der Waals surface area contributed by atoms with Gasteiger partial charge in [0.05, 0.1) is 18.8 Å². The Morgan fingerprint density at radius 3 is 1.15 bits per heavy atom. The quantitative estimate of drug-likeness (QED) is 0.235. The Labute approximate surface area is 143 Å². The summed E-state index contributed by atoms with van der Waals surface area (Å²) < 4.78 is 0. The number of hydrogen-bond acceptors (Lipinski definition) is 11. The van der Waals surface area contributed by atoms with Crippen LogP contribution in [0.15, 0.2) is 0 Å². The lowest BCUT2D eigenvalue weighted by molar-refractivity contribution is -0.333. The standard InChI is InChI=1S/2C6H8O7/c2*7-3(8)1-6(13,5(11)12)2-4(9)10/h2*13H,1-2H2,(H,7,8)(H,9,10)(H,11,12)/p-3. The van der Waals surface area contributed by atoms with Crippen LogP contribution < -0.4 is 15.3 Å². The second-order valence-electron chi connectivity index (χ2n) is 4.89. The van der Waals surface area contributed by atoms with Crippen molar-refractivity contribution in [1.82, 2.24) is 0 Å². The Kier molecular flexibility index (Phi) is 9.51. The molecule has 2 atom stereocenters. The minimum Gasteiger partial charge on any atom is -0.550 e. The fourth-order valence-corrected chi connectivity index (χ4v) is 1.40. The maximum absolute atomic E-state index is 10.3. The van der Waals surface area contributed by atoms with Gasteiger partial charge in [-0.3, -0.25) is 9.59 Å². The summed E-state index contributed by atoms with van der Waals surface area (Å²) in [5.41, 5.74) is -5.71. The molecule has 0 aliphatic heterocycles. The number of carbonyl (C=O) groups is 6. The molecule has 26 heavy (non-hydrogen) atoms. The van der Waals surface area contributed by atoms with Gasteiger partial charge in [0.1, 0.15) is 5.60 Å². The van der Waals surface area contributed by atoms with Crippen molar-refractivity contribution in [2.45, 2.75) is 36.9 Å². The smallest absolute Gasteiger partial charge is 0.336 e. The van der Waals surface area contributed by atoms with E-state index in [9.17, 15) is 44.1 Å². The number of carboxylic acids is 6. The second-order valence-corrected chi connectivity index (χ2v) is 4.89. The van der Waals surface area contributed by atoms with Crippen molar-refractivity contribution in [2.24, 2.45) is 0 Å². The third-order valence-corrected chi connectivity index (χ3v) is 2.54. The normalized spacial score (nSPS) is 14.5. The number of carbonyl (C=O) groups excluding carboxylic acids is 3. The molecule has 0 bridgehead atoms. The fourth-order valence-electron chi connectivity index (χ4n) is 1.40. The Hall–Kier alpha value is -3.26. The number of carboxylic acid groups (broad SMARTS) is 6. The molecule has 148 valence electrons. The van der Waals surface area contributed by atoms with Crippen molar-refractivity contribution in [3.05, 3.63) is 0 Å². The Balaban J connectivity index is 0. The highest BCUT2D eigenvalue weighted by atomic mass is 16.4. The predicted octanol–water partition coefficient (Wildman–Crippen LogP) is -6.50. The fraction of sp³-hybridized carbons (Fsp3) is 0.500. The van der Waals surface area contributed by atoms with Gasteiger partial charge in [0.25, 0.3) is 0 Å². The van der Waals surface area contributed by atoms with Crippen molar-refractivity contribution in [1.29, 1.82) is 0 Å². The molecule has 5 N–H and O–H groups in total. The van der Waals surface area contributed by atoms with E-state index in [4.69, 9.17) is 25.5 Å². The molecule has 0 saturated carbocycles. The highest BCUT2D eigenvalue weighted by Crippen LogP contribution is 2.15. The minimum absolute atomic E-state index is 1.18. The van der Waals surface area contributed by atoms with Crippen LogP contribution in [0, 0.1) is 0 Å². The highest BCUT2D eigenvalue weighted by Gasteiger charge is 2.38. The molecule has 0 rings (SSSR count). The third kappa shape index (κ3) is 9.78. The average Bonchev–Trinajstić information content (AvgIpc) is 2.34. The van der Waals surface area contributed by atoms with E-state index in [0.717, 1.165) is 0 Å². The van der Waals surface area contributed by atoms with Gasteiger partial charge in [-0.1, -0.05) is 0 Å². The molecular formula is C12H13O14-3. The van der Waals surface area contributed by atoms with Crippen LogP contribution >= 0.6 is 0 Å². The van der Waals surface area contributed by atoms with Crippen LogP contribution in [0.1, 0.15) is 25.7 Å². The third-order valence-electron chi connectivity index (χ3n) is 2.54. The maximum Gasteiger partial charge on any atom is 0.336 e. The van der Waals surface area contributed by atoms with Gasteiger partial charge in [-0.25, -0.2) is 4.79 Å². The van der Waals surface area contributed by atoms with E-state index in [2.05, 4.69) is 0 Å². The Morgan fingerprint density at radius 2 is 0.923 bits per heavy atom. The van der Waals surface area contributed by atoms with E-state index in [1.807, 2.05) is 0 Å². The van der Waals surface area contributed by atoms with Gasteiger partial charge in [-0.2, -0.15) is 0 Å². The van der Waals surface area contributed by atoms with Crippen LogP contribution in [-0.2, 0) is 28.8 Å². The van der Waals surface area contributed by atoms with Crippen molar-refractivity contribution in [3.63, 3.8) is 0 Å². The Bertz CT molecular complexity index is 507. The Morgan fingerprint density at radius 1 is 0.615 bits per heavy atom. The number of hydrogen-bond donors (Lipinski definition) is 5. The van der Waals surface area contributed by atoms with Gasteiger partial charge < -0.3 is 55.2 Å². The van der Waals surface area contributed by atoms with E-state index >= 15 is 0 Å². The summed E-state index contributed by atoms with van der Waals surface area (Å²) in [6.07, 6.45) is -5.00. The van der Waals surface area contributed by atoms with E-state index < -0.39 is 72.7 Å². The lowest BCUT2D eigenvalue weighted by atomic mass is 9.96. The summed E-state index contributed by atoms with van der Waals surface area (Å²) in [4.78, 5) is 60.5. The molecule has 0 aromatic heterocycles. The molecule has 0 spiro atoms. The molecule has 0 fully saturated rings. The first-order chi connectivity index (χ1) is 11.6. The SMILES string of the molecule is O=C([O-])CC(O)(CC(=O)O)C(=O)O.O=C([O-])CC(O)(CC(=O)O)C(=O)[O-]. The summed E-state index contributed by atoms with van der Waals surface area (Å²) in [6, 6.07) is 0. The molecule has 0 heterocycles. The monoisotopic (exact) mass is 381 g/mol. The lowest BCUT2D eigenvalue weighted by Gasteiger charge is -2.27. The van der Waals surface area contributed by atoms with Crippen LogP contribution in [0.25, 0.3) is 0 Å². The van der Waals surface area contributed by atoms with Crippen LogP contribution in [0.5, 0.6) is 0 Å². The van der Waals surface area contributed by atoms with Gasteiger partial charge >= 0.3 is 17.9 Å². The lowest BCUT2D eigenvalue weighted by Crippen LogP contribution is -2.52. The van der Waals surface area contributed by atoms with Gasteiger partial charge in [-0.05, 0) is 0 Å². The predicted molar refractivity (Wildman–Crippen MR) is 66.3 cm³/mol. The summed E-state index contributed by atoms with van der Waals surface area (Å²) in [7, 11) is 0. The van der Waals surface area contributed by atoms with Crippen molar-refractivity contribution in [3.8, 4) is 0 Å². The number of aliphatic hydroxyl groups is 2. The minimum atomic E-state index is -2.91. The first-order valence-corrected chi connectivity index (χ1v) is 6.28. The molecule has 0 amide bonds. The highest BCUT2D eigenvalue weighted by molar-refractivity contribution is 5.88. The molecule has 2 unspecified atom stereocenters. The van der Waals surface area contributed by atoms with Crippen LogP contribution in [0.2, 0.25) is 0 Å². The van der Waals surface area contributed by atoms with Gasteiger partial charge in [0.2, 0.25) is 0 Å².